The smallest absolute Gasteiger partial charge is 0.234 e. The average molecular weight is 262 g/mol. The predicted molar refractivity (Wildman–Crippen MR) is 76.3 cm³/mol. The highest BCUT2D eigenvalue weighted by Gasteiger charge is 2.42. The summed E-state index contributed by atoms with van der Waals surface area (Å²) in [7, 11) is 1.78. The maximum atomic E-state index is 12.8. The second-order valence-corrected chi connectivity index (χ2v) is 5.34. The molecular formula is C15H22N2O2. The van der Waals surface area contributed by atoms with Crippen LogP contribution in [0.15, 0.2) is 24.3 Å². The number of nitrogens with zero attached hydrogens (tertiary/aromatic N) is 1. The number of anilines is 1. The summed E-state index contributed by atoms with van der Waals surface area (Å²) in [5.41, 5.74) is 0.460. The molecule has 1 fully saturated rings. The first kappa shape index (κ1) is 13.9. The van der Waals surface area contributed by atoms with E-state index in [-0.39, 0.29) is 17.1 Å². The Kier molecular flexibility index (Phi) is 4.10. The average Bonchev–Trinajstić information content (AvgIpc) is 2.87. The van der Waals surface area contributed by atoms with Crippen LogP contribution in [0.4, 0.5) is 5.69 Å². The number of benzene rings is 1. The van der Waals surface area contributed by atoms with Gasteiger partial charge in [0.1, 0.15) is 5.75 Å². The van der Waals surface area contributed by atoms with Crippen molar-refractivity contribution in [2.24, 2.45) is 5.41 Å². The molecule has 19 heavy (non-hydrogen) atoms. The molecule has 0 radical (unpaired) electrons. The Labute approximate surface area is 114 Å². The third kappa shape index (κ3) is 2.73. The predicted octanol–water partition coefficient (Wildman–Crippen LogP) is 2.13. The van der Waals surface area contributed by atoms with Crippen molar-refractivity contribution in [2.45, 2.75) is 26.2 Å². The van der Waals surface area contributed by atoms with E-state index >= 15 is 0 Å². The fraction of sp³-hybridized carbons (Fsp3) is 0.533. The van der Waals surface area contributed by atoms with Crippen LogP contribution in [0.3, 0.4) is 0 Å². The number of hydrogen-bond donors (Lipinski definition) is 2. The third-order valence-electron chi connectivity index (χ3n) is 3.95. The quantitative estimate of drug-likeness (QED) is 0.874. The molecule has 1 aromatic carbocycles. The van der Waals surface area contributed by atoms with Crippen LogP contribution in [-0.4, -0.2) is 31.2 Å². The number of amides is 1. The highest BCUT2D eigenvalue weighted by Crippen LogP contribution is 2.34. The fourth-order valence-corrected chi connectivity index (χ4v) is 2.90. The topological polar surface area (TPSA) is 52.6 Å². The van der Waals surface area contributed by atoms with E-state index in [4.69, 9.17) is 0 Å². The summed E-state index contributed by atoms with van der Waals surface area (Å²) in [6.07, 6.45) is 2.80. The van der Waals surface area contributed by atoms with Crippen LogP contribution in [0.5, 0.6) is 5.75 Å². The minimum absolute atomic E-state index is 0.143. The van der Waals surface area contributed by atoms with Crippen molar-refractivity contribution in [3.05, 3.63) is 24.3 Å². The van der Waals surface area contributed by atoms with Gasteiger partial charge in [-0.15, -0.1) is 0 Å². The molecule has 1 amide bonds. The van der Waals surface area contributed by atoms with E-state index in [2.05, 4.69) is 12.2 Å². The molecular weight excluding hydrogens is 240 g/mol. The number of aromatic hydroxyl groups is 1. The van der Waals surface area contributed by atoms with Gasteiger partial charge in [-0.2, -0.15) is 0 Å². The standard InChI is InChI=1S/C15H22N2O2/c1-3-7-15(8-9-16-11-15)14(19)17(2)12-5-4-6-13(18)10-12/h4-6,10,16,18H,3,7-9,11H2,1-2H3. The van der Waals surface area contributed by atoms with Crippen molar-refractivity contribution in [3.63, 3.8) is 0 Å². The Balaban J connectivity index is 2.22. The summed E-state index contributed by atoms with van der Waals surface area (Å²) >= 11 is 0. The van der Waals surface area contributed by atoms with Crippen LogP contribution in [-0.2, 0) is 4.79 Å². The Bertz CT molecular complexity index is 453. The maximum absolute atomic E-state index is 12.8. The lowest BCUT2D eigenvalue weighted by atomic mass is 9.81. The zero-order valence-electron chi connectivity index (χ0n) is 11.6. The SMILES string of the molecule is CCCC1(C(=O)N(C)c2cccc(O)c2)CCNC1. The van der Waals surface area contributed by atoms with Crippen molar-refractivity contribution >= 4 is 11.6 Å². The van der Waals surface area contributed by atoms with Crippen molar-refractivity contribution < 1.29 is 9.90 Å². The van der Waals surface area contributed by atoms with Gasteiger partial charge in [0.2, 0.25) is 5.91 Å². The summed E-state index contributed by atoms with van der Waals surface area (Å²) in [6.45, 7) is 3.77. The van der Waals surface area contributed by atoms with E-state index in [0.717, 1.165) is 38.0 Å². The molecule has 1 aliphatic heterocycles. The van der Waals surface area contributed by atoms with E-state index in [9.17, 15) is 9.90 Å². The van der Waals surface area contributed by atoms with Crippen LogP contribution in [0, 0.1) is 5.41 Å². The maximum Gasteiger partial charge on any atom is 0.234 e. The first-order chi connectivity index (χ1) is 9.09. The van der Waals surface area contributed by atoms with Gasteiger partial charge in [-0.3, -0.25) is 4.79 Å². The molecule has 1 atom stereocenters. The zero-order chi connectivity index (χ0) is 13.9. The van der Waals surface area contributed by atoms with Crippen molar-refractivity contribution in [3.8, 4) is 5.75 Å². The molecule has 2 N–H and O–H groups in total. The number of phenols is 1. The largest absolute Gasteiger partial charge is 0.508 e. The van der Waals surface area contributed by atoms with Gasteiger partial charge in [0.15, 0.2) is 0 Å². The second-order valence-electron chi connectivity index (χ2n) is 5.34. The van der Waals surface area contributed by atoms with E-state index < -0.39 is 0 Å². The van der Waals surface area contributed by atoms with Gasteiger partial charge in [-0.25, -0.2) is 0 Å². The van der Waals surface area contributed by atoms with E-state index in [0.29, 0.717) is 0 Å². The van der Waals surface area contributed by atoms with Gasteiger partial charge < -0.3 is 15.3 Å². The second kappa shape index (κ2) is 5.61. The highest BCUT2D eigenvalue weighted by molar-refractivity contribution is 5.97. The first-order valence-electron chi connectivity index (χ1n) is 6.87. The molecule has 1 aliphatic rings. The van der Waals surface area contributed by atoms with Crippen molar-refractivity contribution in [1.82, 2.24) is 5.32 Å². The fourth-order valence-electron chi connectivity index (χ4n) is 2.90. The third-order valence-corrected chi connectivity index (χ3v) is 3.95. The Morgan fingerprint density at radius 3 is 2.89 bits per heavy atom. The number of carbonyl (C=O) groups excluding carboxylic acids is 1. The molecule has 1 unspecified atom stereocenters. The van der Waals surface area contributed by atoms with Crippen molar-refractivity contribution in [1.29, 1.82) is 0 Å². The van der Waals surface area contributed by atoms with Gasteiger partial charge in [0.25, 0.3) is 0 Å². The molecule has 0 aromatic heterocycles. The van der Waals surface area contributed by atoms with Crippen LogP contribution >= 0.6 is 0 Å². The number of hydrogen-bond acceptors (Lipinski definition) is 3. The summed E-state index contributed by atoms with van der Waals surface area (Å²) in [6, 6.07) is 6.84. The summed E-state index contributed by atoms with van der Waals surface area (Å²) in [4.78, 5) is 14.4. The molecule has 104 valence electrons. The molecule has 0 bridgehead atoms. The summed E-state index contributed by atoms with van der Waals surface area (Å²) < 4.78 is 0. The van der Waals surface area contributed by atoms with Gasteiger partial charge >= 0.3 is 0 Å². The number of rotatable bonds is 4. The number of nitrogens with one attached hydrogen (secondary N) is 1. The van der Waals surface area contributed by atoms with Gasteiger partial charge in [-0.05, 0) is 31.5 Å². The molecule has 2 rings (SSSR count). The molecule has 4 nitrogen and oxygen atoms in total. The summed E-state index contributed by atoms with van der Waals surface area (Å²) in [5.74, 6) is 0.330. The minimum Gasteiger partial charge on any atom is -0.508 e. The normalized spacial score (nSPS) is 22.4. The molecule has 0 aliphatic carbocycles. The zero-order valence-corrected chi connectivity index (χ0v) is 11.6. The lowest BCUT2D eigenvalue weighted by molar-refractivity contribution is -0.127. The first-order valence-corrected chi connectivity index (χ1v) is 6.87. The monoisotopic (exact) mass is 262 g/mol. The van der Waals surface area contributed by atoms with Crippen LogP contribution in [0.1, 0.15) is 26.2 Å². The lowest BCUT2D eigenvalue weighted by Gasteiger charge is -2.31. The molecule has 1 heterocycles. The molecule has 4 heteroatoms. The number of phenolic OH excluding ortho intramolecular Hbond substituents is 1. The van der Waals surface area contributed by atoms with E-state index in [1.54, 1.807) is 30.1 Å². The molecule has 0 spiro atoms. The Morgan fingerprint density at radius 2 is 2.32 bits per heavy atom. The van der Waals surface area contributed by atoms with E-state index in [1.807, 2.05) is 6.07 Å². The number of carbonyl (C=O) groups is 1. The molecule has 1 aromatic rings. The van der Waals surface area contributed by atoms with Crippen LogP contribution in [0.2, 0.25) is 0 Å². The van der Waals surface area contributed by atoms with Crippen LogP contribution in [0.25, 0.3) is 0 Å². The van der Waals surface area contributed by atoms with Gasteiger partial charge in [0.05, 0.1) is 5.41 Å². The highest BCUT2D eigenvalue weighted by atomic mass is 16.3. The molecule has 0 saturated carbocycles. The summed E-state index contributed by atoms with van der Waals surface area (Å²) in [5, 5.41) is 12.8. The molecule has 1 saturated heterocycles. The van der Waals surface area contributed by atoms with Crippen LogP contribution < -0.4 is 10.2 Å². The minimum atomic E-state index is -0.283. The Hall–Kier alpha value is -1.55. The van der Waals surface area contributed by atoms with Gasteiger partial charge in [0, 0.05) is 25.3 Å². The van der Waals surface area contributed by atoms with E-state index in [1.165, 1.54) is 0 Å². The van der Waals surface area contributed by atoms with Gasteiger partial charge in [-0.1, -0.05) is 19.4 Å². The Morgan fingerprint density at radius 1 is 1.53 bits per heavy atom. The lowest BCUT2D eigenvalue weighted by Crippen LogP contribution is -2.43. The van der Waals surface area contributed by atoms with Crippen molar-refractivity contribution in [2.75, 3.05) is 25.0 Å².